The second kappa shape index (κ2) is 4.49. The van der Waals surface area contributed by atoms with Gasteiger partial charge in [0.05, 0.1) is 6.10 Å². The molecule has 86 valence electrons. The van der Waals surface area contributed by atoms with Crippen molar-refractivity contribution >= 4 is 5.97 Å². The van der Waals surface area contributed by atoms with Gasteiger partial charge in [0, 0.05) is 12.8 Å². The molecule has 0 spiro atoms. The van der Waals surface area contributed by atoms with Crippen molar-refractivity contribution in [1.82, 2.24) is 4.98 Å². The van der Waals surface area contributed by atoms with Gasteiger partial charge < -0.3 is 14.8 Å². The molecule has 0 amide bonds. The van der Waals surface area contributed by atoms with Crippen molar-refractivity contribution in [1.29, 1.82) is 0 Å². The molecule has 0 bridgehead atoms. The molecule has 2 rings (SSSR count). The van der Waals surface area contributed by atoms with Crippen LogP contribution in [0.3, 0.4) is 0 Å². The van der Waals surface area contributed by atoms with Gasteiger partial charge in [0.2, 0.25) is 0 Å². The first-order chi connectivity index (χ1) is 7.68. The molecule has 2 N–H and O–H groups in total. The molecule has 1 aliphatic rings. The summed E-state index contributed by atoms with van der Waals surface area (Å²) in [7, 11) is 0. The maximum Gasteiger partial charge on any atom is 0.341 e. The first kappa shape index (κ1) is 10.9. The molecular weight excluding hydrogens is 210 g/mol. The number of carboxylic acid groups (broad SMARTS) is 1. The van der Waals surface area contributed by atoms with Gasteiger partial charge in [0.15, 0.2) is 0 Å². The third kappa shape index (κ3) is 2.14. The molecule has 5 heteroatoms. The molecule has 0 saturated carbocycles. The van der Waals surface area contributed by atoms with Gasteiger partial charge >= 0.3 is 5.97 Å². The number of aromatic carboxylic acids is 1. The molecule has 0 aliphatic carbocycles. The van der Waals surface area contributed by atoms with Crippen LogP contribution in [0, 0.1) is 0 Å². The summed E-state index contributed by atoms with van der Waals surface area (Å²) in [5.41, 5.74) is -0.0737. The van der Waals surface area contributed by atoms with Crippen molar-refractivity contribution in [3.8, 4) is 0 Å². The van der Waals surface area contributed by atoms with Gasteiger partial charge in [0.25, 0.3) is 5.56 Å². The predicted octanol–water partition coefficient (Wildman–Crippen LogP) is 1.31. The molecule has 1 aromatic rings. The Morgan fingerprint density at radius 2 is 2.31 bits per heavy atom. The van der Waals surface area contributed by atoms with E-state index in [-0.39, 0.29) is 11.7 Å². The van der Waals surface area contributed by atoms with E-state index in [4.69, 9.17) is 9.84 Å². The van der Waals surface area contributed by atoms with Crippen molar-refractivity contribution in [2.75, 3.05) is 6.61 Å². The van der Waals surface area contributed by atoms with E-state index in [1.807, 2.05) is 0 Å². The highest BCUT2D eigenvalue weighted by atomic mass is 16.5. The van der Waals surface area contributed by atoms with E-state index in [0.717, 1.165) is 24.8 Å². The third-order valence-electron chi connectivity index (χ3n) is 2.71. The number of pyridine rings is 1. The van der Waals surface area contributed by atoms with Gasteiger partial charge in [0.1, 0.15) is 5.56 Å². The van der Waals surface area contributed by atoms with Crippen LogP contribution in [0.25, 0.3) is 0 Å². The summed E-state index contributed by atoms with van der Waals surface area (Å²) < 4.78 is 5.52. The number of carboxylic acids is 1. The number of aromatic amines is 1. The van der Waals surface area contributed by atoms with E-state index in [0.29, 0.717) is 6.61 Å². The van der Waals surface area contributed by atoms with Crippen molar-refractivity contribution in [2.24, 2.45) is 0 Å². The minimum absolute atomic E-state index is 0.0938. The lowest BCUT2D eigenvalue weighted by molar-refractivity contribution is 0.0147. The van der Waals surface area contributed by atoms with Crippen LogP contribution in [0.15, 0.2) is 17.1 Å². The van der Waals surface area contributed by atoms with Crippen molar-refractivity contribution in [3.63, 3.8) is 0 Å². The summed E-state index contributed by atoms with van der Waals surface area (Å²) in [5.74, 6) is -1.21. The molecule has 1 atom stereocenters. The first-order valence-corrected chi connectivity index (χ1v) is 5.26. The van der Waals surface area contributed by atoms with E-state index in [2.05, 4.69) is 4.98 Å². The molecule has 5 nitrogen and oxygen atoms in total. The summed E-state index contributed by atoms with van der Waals surface area (Å²) in [6.07, 6.45) is 4.40. The van der Waals surface area contributed by atoms with Gasteiger partial charge in [-0.15, -0.1) is 0 Å². The lowest BCUT2D eigenvalue weighted by atomic mass is 10.0. The van der Waals surface area contributed by atoms with Crippen LogP contribution in [0.5, 0.6) is 0 Å². The van der Waals surface area contributed by atoms with Gasteiger partial charge in [-0.3, -0.25) is 4.79 Å². The standard InChI is InChI=1S/C11H13NO4/c13-10-8(11(14)15)5-7(6-12-10)9-3-1-2-4-16-9/h5-6,9H,1-4H2,(H,12,13)(H,14,15). The monoisotopic (exact) mass is 223 g/mol. The van der Waals surface area contributed by atoms with E-state index < -0.39 is 11.5 Å². The number of rotatable bonds is 2. The zero-order valence-corrected chi connectivity index (χ0v) is 8.73. The van der Waals surface area contributed by atoms with Gasteiger partial charge in [-0.2, -0.15) is 0 Å². The van der Waals surface area contributed by atoms with Gasteiger partial charge in [-0.25, -0.2) is 4.79 Å². The lowest BCUT2D eigenvalue weighted by Gasteiger charge is -2.22. The zero-order chi connectivity index (χ0) is 11.5. The highest BCUT2D eigenvalue weighted by molar-refractivity contribution is 5.87. The maximum absolute atomic E-state index is 11.2. The van der Waals surface area contributed by atoms with Crippen LogP contribution in [-0.2, 0) is 4.74 Å². The second-order valence-corrected chi connectivity index (χ2v) is 3.84. The summed E-state index contributed by atoms with van der Waals surface area (Å²) >= 11 is 0. The highest BCUT2D eigenvalue weighted by Gasteiger charge is 2.18. The number of aromatic nitrogens is 1. The molecule has 1 saturated heterocycles. The van der Waals surface area contributed by atoms with Crippen molar-refractivity contribution in [2.45, 2.75) is 25.4 Å². The van der Waals surface area contributed by atoms with E-state index in [1.54, 1.807) is 0 Å². The minimum Gasteiger partial charge on any atom is -0.477 e. The Labute approximate surface area is 92.1 Å². The van der Waals surface area contributed by atoms with Crippen LogP contribution in [0.1, 0.15) is 41.3 Å². The SMILES string of the molecule is O=C(O)c1cc(C2CCCCO2)c[nH]c1=O. The summed E-state index contributed by atoms with van der Waals surface area (Å²) in [6.45, 7) is 0.687. The number of carbonyl (C=O) groups is 1. The number of hydrogen-bond donors (Lipinski definition) is 2. The molecular formula is C11H13NO4. The molecule has 1 aromatic heterocycles. The second-order valence-electron chi connectivity index (χ2n) is 3.84. The number of hydrogen-bond acceptors (Lipinski definition) is 3. The highest BCUT2D eigenvalue weighted by Crippen LogP contribution is 2.27. The first-order valence-electron chi connectivity index (χ1n) is 5.26. The summed E-state index contributed by atoms with van der Waals surface area (Å²) in [6, 6.07) is 1.40. The fraction of sp³-hybridized carbons (Fsp3) is 0.455. The zero-order valence-electron chi connectivity index (χ0n) is 8.73. The minimum atomic E-state index is -1.21. The van der Waals surface area contributed by atoms with Crippen molar-refractivity contribution in [3.05, 3.63) is 33.7 Å². The van der Waals surface area contributed by atoms with Gasteiger partial charge in [-0.05, 0) is 30.9 Å². The lowest BCUT2D eigenvalue weighted by Crippen LogP contribution is -2.20. The molecule has 16 heavy (non-hydrogen) atoms. The fourth-order valence-electron chi connectivity index (χ4n) is 1.85. The van der Waals surface area contributed by atoms with E-state index in [1.165, 1.54) is 12.3 Å². The Bertz CT molecular complexity index is 446. The number of H-pyrrole nitrogens is 1. The number of ether oxygens (including phenoxy) is 1. The van der Waals surface area contributed by atoms with Crippen molar-refractivity contribution < 1.29 is 14.6 Å². The Morgan fingerprint density at radius 1 is 1.50 bits per heavy atom. The number of nitrogens with one attached hydrogen (secondary N) is 1. The Kier molecular flexibility index (Phi) is 3.05. The van der Waals surface area contributed by atoms with Crippen LogP contribution >= 0.6 is 0 Å². The largest absolute Gasteiger partial charge is 0.477 e. The van der Waals surface area contributed by atoms with E-state index in [9.17, 15) is 9.59 Å². The van der Waals surface area contributed by atoms with Gasteiger partial charge in [-0.1, -0.05) is 0 Å². The molecule has 0 aromatic carbocycles. The van der Waals surface area contributed by atoms with Crippen LogP contribution in [0.2, 0.25) is 0 Å². The molecule has 1 fully saturated rings. The average molecular weight is 223 g/mol. The van der Waals surface area contributed by atoms with Crippen LogP contribution in [0.4, 0.5) is 0 Å². The molecule has 0 radical (unpaired) electrons. The Morgan fingerprint density at radius 3 is 2.94 bits per heavy atom. The van der Waals surface area contributed by atoms with Crippen LogP contribution in [-0.4, -0.2) is 22.7 Å². The maximum atomic E-state index is 11.2. The van der Waals surface area contributed by atoms with Crippen LogP contribution < -0.4 is 5.56 Å². The average Bonchev–Trinajstić information content (AvgIpc) is 2.30. The molecule has 2 heterocycles. The van der Waals surface area contributed by atoms with E-state index >= 15 is 0 Å². The summed E-state index contributed by atoms with van der Waals surface area (Å²) in [4.78, 5) is 24.4. The normalized spacial score (nSPS) is 20.6. The predicted molar refractivity (Wildman–Crippen MR) is 56.6 cm³/mol. The summed E-state index contributed by atoms with van der Waals surface area (Å²) in [5, 5.41) is 8.83. The Hall–Kier alpha value is -1.62. The topological polar surface area (TPSA) is 79.4 Å². The smallest absolute Gasteiger partial charge is 0.341 e. The quantitative estimate of drug-likeness (QED) is 0.792. The molecule has 1 aliphatic heterocycles. The molecule has 1 unspecified atom stereocenters. The fourth-order valence-corrected chi connectivity index (χ4v) is 1.85. The third-order valence-corrected chi connectivity index (χ3v) is 2.71. The Balaban J connectivity index is 2.31.